The van der Waals surface area contributed by atoms with E-state index in [4.69, 9.17) is 27.9 Å². The lowest BCUT2D eigenvalue weighted by Gasteiger charge is -2.08. The van der Waals surface area contributed by atoms with Gasteiger partial charge in [0, 0.05) is 17.0 Å². The van der Waals surface area contributed by atoms with Crippen LogP contribution < -0.4 is 5.32 Å². The SMILES string of the molecule is CCOC(=O)c1c(-c2ccc(F)cc2)csc1NC(=O)/C=C/c1ccc(Cl)c(Cl)c1. The molecule has 0 fully saturated rings. The van der Waals surface area contributed by atoms with Gasteiger partial charge in [-0.3, -0.25) is 4.79 Å². The minimum atomic E-state index is -0.568. The fourth-order valence-corrected chi connectivity index (χ4v) is 3.91. The Balaban J connectivity index is 1.86. The molecular weight excluding hydrogens is 448 g/mol. The highest BCUT2D eigenvalue weighted by Gasteiger charge is 2.22. The number of hydrogen-bond acceptors (Lipinski definition) is 4. The Morgan fingerprint density at radius 2 is 1.87 bits per heavy atom. The maximum Gasteiger partial charge on any atom is 0.341 e. The van der Waals surface area contributed by atoms with Crippen molar-refractivity contribution in [3.8, 4) is 11.1 Å². The van der Waals surface area contributed by atoms with E-state index in [9.17, 15) is 14.0 Å². The smallest absolute Gasteiger partial charge is 0.341 e. The van der Waals surface area contributed by atoms with Gasteiger partial charge in [0.2, 0.25) is 5.91 Å². The molecule has 1 heterocycles. The first kappa shape index (κ1) is 22.0. The standard InChI is InChI=1S/C22H16Cl2FNO3S/c1-2-29-22(28)20-16(14-5-7-15(25)8-6-14)12-30-21(20)26-19(27)10-4-13-3-9-17(23)18(24)11-13/h3-12H,2H2,1H3,(H,26,27)/b10-4+. The number of esters is 1. The van der Waals surface area contributed by atoms with Gasteiger partial charge in [-0.25, -0.2) is 9.18 Å². The van der Waals surface area contributed by atoms with Gasteiger partial charge in [-0.2, -0.15) is 0 Å². The molecule has 0 aliphatic carbocycles. The molecule has 1 N–H and O–H groups in total. The summed E-state index contributed by atoms with van der Waals surface area (Å²) in [6.07, 6.45) is 2.90. The number of anilines is 1. The van der Waals surface area contributed by atoms with Gasteiger partial charge in [-0.15, -0.1) is 11.3 Å². The number of halogens is 3. The average Bonchev–Trinajstić information content (AvgIpc) is 3.13. The summed E-state index contributed by atoms with van der Waals surface area (Å²) in [5.74, 6) is -1.38. The van der Waals surface area contributed by atoms with Gasteiger partial charge < -0.3 is 10.1 Å². The number of thiophene rings is 1. The topological polar surface area (TPSA) is 55.4 Å². The van der Waals surface area contributed by atoms with Crippen LogP contribution in [0, 0.1) is 5.82 Å². The zero-order valence-corrected chi connectivity index (χ0v) is 18.1. The minimum Gasteiger partial charge on any atom is -0.462 e. The summed E-state index contributed by atoms with van der Waals surface area (Å²) in [7, 11) is 0. The molecule has 0 bridgehead atoms. The first-order chi connectivity index (χ1) is 14.4. The molecule has 0 radical (unpaired) electrons. The van der Waals surface area contributed by atoms with Gasteiger partial charge in [0.1, 0.15) is 16.4 Å². The number of carbonyl (C=O) groups is 2. The summed E-state index contributed by atoms with van der Waals surface area (Å²) in [4.78, 5) is 24.9. The fraction of sp³-hybridized carbons (Fsp3) is 0.0909. The zero-order valence-electron chi connectivity index (χ0n) is 15.7. The Bertz CT molecular complexity index is 1110. The zero-order chi connectivity index (χ0) is 21.7. The Labute approximate surface area is 186 Å². The molecule has 4 nitrogen and oxygen atoms in total. The summed E-state index contributed by atoms with van der Waals surface area (Å²) in [6.45, 7) is 1.88. The molecule has 1 aromatic heterocycles. The van der Waals surface area contributed by atoms with E-state index in [1.165, 1.54) is 29.5 Å². The van der Waals surface area contributed by atoms with Crippen molar-refractivity contribution in [3.63, 3.8) is 0 Å². The molecule has 3 rings (SSSR count). The van der Waals surface area contributed by atoms with Gasteiger partial charge in [0.25, 0.3) is 0 Å². The molecule has 2 aromatic carbocycles. The molecule has 0 unspecified atom stereocenters. The third-order valence-electron chi connectivity index (χ3n) is 4.03. The first-order valence-electron chi connectivity index (χ1n) is 8.87. The van der Waals surface area contributed by atoms with Crippen LogP contribution in [0.25, 0.3) is 17.2 Å². The van der Waals surface area contributed by atoms with Crippen molar-refractivity contribution in [2.45, 2.75) is 6.92 Å². The highest BCUT2D eigenvalue weighted by atomic mass is 35.5. The second-order valence-corrected chi connectivity index (χ2v) is 7.77. The van der Waals surface area contributed by atoms with Crippen molar-refractivity contribution in [1.29, 1.82) is 0 Å². The lowest BCUT2D eigenvalue weighted by atomic mass is 10.0. The van der Waals surface area contributed by atoms with Crippen molar-refractivity contribution < 1.29 is 18.7 Å². The number of nitrogens with one attached hydrogen (secondary N) is 1. The second-order valence-electron chi connectivity index (χ2n) is 6.08. The molecule has 154 valence electrons. The van der Waals surface area contributed by atoms with Crippen LogP contribution in [0.5, 0.6) is 0 Å². The maximum atomic E-state index is 13.3. The molecule has 0 saturated carbocycles. The predicted octanol–water partition coefficient (Wildman–Crippen LogP) is 6.69. The predicted molar refractivity (Wildman–Crippen MR) is 120 cm³/mol. The van der Waals surface area contributed by atoms with E-state index in [-0.39, 0.29) is 18.0 Å². The summed E-state index contributed by atoms with van der Waals surface area (Å²) in [6, 6.07) is 10.7. The maximum absolute atomic E-state index is 13.3. The summed E-state index contributed by atoms with van der Waals surface area (Å²) < 4.78 is 18.4. The lowest BCUT2D eigenvalue weighted by Crippen LogP contribution is -2.12. The summed E-state index contributed by atoms with van der Waals surface area (Å²) in [5.41, 5.74) is 2.12. The molecule has 0 aliphatic heterocycles. The minimum absolute atomic E-state index is 0.183. The molecule has 0 aliphatic rings. The number of rotatable bonds is 6. The summed E-state index contributed by atoms with van der Waals surface area (Å²) in [5, 5.41) is 5.57. The number of hydrogen-bond donors (Lipinski definition) is 1. The van der Waals surface area contributed by atoms with Crippen LogP contribution in [0.4, 0.5) is 9.39 Å². The third kappa shape index (κ3) is 5.27. The van der Waals surface area contributed by atoms with Crippen LogP contribution in [0.2, 0.25) is 10.0 Å². The van der Waals surface area contributed by atoms with Gasteiger partial charge in [0.05, 0.1) is 16.7 Å². The van der Waals surface area contributed by atoms with Crippen molar-refractivity contribution in [2.24, 2.45) is 0 Å². The van der Waals surface area contributed by atoms with Crippen LogP contribution in [0.1, 0.15) is 22.8 Å². The van der Waals surface area contributed by atoms with E-state index >= 15 is 0 Å². The highest BCUT2D eigenvalue weighted by molar-refractivity contribution is 7.15. The quantitative estimate of drug-likeness (QED) is 0.327. The second kappa shape index (κ2) is 9.89. The van der Waals surface area contributed by atoms with Crippen molar-refractivity contribution in [3.05, 3.63) is 80.9 Å². The van der Waals surface area contributed by atoms with Crippen molar-refractivity contribution in [1.82, 2.24) is 0 Å². The Kier molecular flexibility index (Phi) is 7.26. The largest absolute Gasteiger partial charge is 0.462 e. The van der Waals surface area contributed by atoms with Gasteiger partial charge in [-0.1, -0.05) is 41.4 Å². The molecule has 0 saturated heterocycles. The van der Waals surface area contributed by atoms with Crippen LogP contribution in [0.15, 0.2) is 53.9 Å². The van der Waals surface area contributed by atoms with Gasteiger partial charge in [0.15, 0.2) is 0 Å². The summed E-state index contributed by atoms with van der Waals surface area (Å²) >= 11 is 13.0. The van der Waals surface area contributed by atoms with Crippen LogP contribution in [-0.4, -0.2) is 18.5 Å². The molecule has 3 aromatic rings. The molecule has 30 heavy (non-hydrogen) atoms. The fourth-order valence-electron chi connectivity index (χ4n) is 2.64. The Morgan fingerprint density at radius 1 is 1.13 bits per heavy atom. The van der Waals surface area contributed by atoms with Crippen LogP contribution in [-0.2, 0) is 9.53 Å². The highest BCUT2D eigenvalue weighted by Crippen LogP contribution is 2.36. The van der Waals surface area contributed by atoms with E-state index in [1.807, 2.05) is 0 Å². The number of benzene rings is 2. The van der Waals surface area contributed by atoms with Gasteiger partial charge in [-0.05, 0) is 48.4 Å². The van der Waals surface area contributed by atoms with E-state index in [0.29, 0.717) is 31.7 Å². The lowest BCUT2D eigenvalue weighted by molar-refractivity contribution is -0.111. The van der Waals surface area contributed by atoms with Crippen LogP contribution in [0.3, 0.4) is 0 Å². The molecule has 1 amide bonds. The Hall–Kier alpha value is -2.67. The first-order valence-corrected chi connectivity index (χ1v) is 10.5. The average molecular weight is 464 g/mol. The normalized spacial score (nSPS) is 10.9. The number of amides is 1. The van der Waals surface area contributed by atoms with E-state index in [1.54, 1.807) is 48.7 Å². The van der Waals surface area contributed by atoms with Crippen molar-refractivity contribution >= 4 is 57.5 Å². The van der Waals surface area contributed by atoms with Crippen LogP contribution >= 0.6 is 34.5 Å². The number of carbonyl (C=O) groups excluding carboxylic acids is 2. The molecule has 0 spiro atoms. The van der Waals surface area contributed by atoms with E-state index in [2.05, 4.69) is 5.32 Å². The number of ether oxygens (including phenoxy) is 1. The molecule has 0 atom stereocenters. The monoisotopic (exact) mass is 463 g/mol. The van der Waals surface area contributed by atoms with E-state index < -0.39 is 11.9 Å². The van der Waals surface area contributed by atoms with E-state index in [0.717, 1.165) is 0 Å². The van der Waals surface area contributed by atoms with Crippen molar-refractivity contribution in [2.75, 3.05) is 11.9 Å². The molecule has 8 heteroatoms. The molecular formula is C22H16Cl2FNO3S. The Morgan fingerprint density at radius 3 is 2.53 bits per heavy atom. The third-order valence-corrected chi connectivity index (χ3v) is 5.67. The van der Waals surface area contributed by atoms with Gasteiger partial charge >= 0.3 is 5.97 Å².